The molecule has 2 aromatic rings. The third-order valence-corrected chi connectivity index (χ3v) is 5.24. The minimum Gasteiger partial charge on any atom is -0.354 e. The SMILES string of the molecule is CCC1CCCCN1c1cc(-c2ccccc2)nc(NCCCN(C)C)n1. The predicted molar refractivity (Wildman–Crippen MR) is 114 cm³/mol. The van der Waals surface area contributed by atoms with Gasteiger partial charge in [-0.15, -0.1) is 0 Å². The van der Waals surface area contributed by atoms with Crippen molar-refractivity contribution in [1.82, 2.24) is 14.9 Å². The second kappa shape index (κ2) is 9.70. The summed E-state index contributed by atoms with van der Waals surface area (Å²) in [6.45, 7) is 5.31. The molecule has 1 aromatic carbocycles. The molecule has 0 bridgehead atoms. The number of aromatic nitrogens is 2. The van der Waals surface area contributed by atoms with Crippen molar-refractivity contribution >= 4 is 11.8 Å². The Morgan fingerprint density at radius 2 is 1.96 bits per heavy atom. The lowest BCUT2D eigenvalue weighted by molar-refractivity contribution is 0.405. The van der Waals surface area contributed by atoms with Crippen LogP contribution in [-0.2, 0) is 0 Å². The van der Waals surface area contributed by atoms with Crippen LogP contribution in [0, 0.1) is 0 Å². The largest absolute Gasteiger partial charge is 0.354 e. The number of benzene rings is 1. The summed E-state index contributed by atoms with van der Waals surface area (Å²) in [5, 5.41) is 3.45. The predicted octanol–water partition coefficient (Wildman–Crippen LogP) is 4.28. The van der Waals surface area contributed by atoms with E-state index in [9.17, 15) is 0 Å². The van der Waals surface area contributed by atoms with Crippen LogP contribution in [0.3, 0.4) is 0 Å². The summed E-state index contributed by atoms with van der Waals surface area (Å²) in [5.74, 6) is 1.80. The molecule has 1 fully saturated rings. The fourth-order valence-electron chi connectivity index (χ4n) is 3.74. The average Bonchev–Trinajstić information content (AvgIpc) is 2.71. The van der Waals surface area contributed by atoms with E-state index in [4.69, 9.17) is 9.97 Å². The van der Waals surface area contributed by atoms with E-state index in [0.29, 0.717) is 6.04 Å². The van der Waals surface area contributed by atoms with Crippen molar-refractivity contribution in [3.05, 3.63) is 36.4 Å². The van der Waals surface area contributed by atoms with Crippen LogP contribution in [0.15, 0.2) is 36.4 Å². The van der Waals surface area contributed by atoms with Gasteiger partial charge in [0, 0.05) is 30.8 Å². The quantitative estimate of drug-likeness (QED) is 0.706. The summed E-state index contributed by atoms with van der Waals surface area (Å²) >= 11 is 0. The number of piperidine rings is 1. The first-order valence-corrected chi connectivity index (χ1v) is 10.3. The van der Waals surface area contributed by atoms with Gasteiger partial charge < -0.3 is 15.1 Å². The Bertz CT molecular complexity index is 701. The van der Waals surface area contributed by atoms with Gasteiger partial charge in [-0.2, -0.15) is 4.98 Å². The van der Waals surface area contributed by atoms with Gasteiger partial charge in [-0.05, 0) is 52.7 Å². The van der Waals surface area contributed by atoms with Gasteiger partial charge in [-0.1, -0.05) is 37.3 Å². The first kappa shape index (κ1) is 19.6. The zero-order valence-corrected chi connectivity index (χ0v) is 17.0. The Kier molecular flexibility index (Phi) is 7.04. The summed E-state index contributed by atoms with van der Waals surface area (Å²) in [7, 11) is 4.21. The van der Waals surface area contributed by atoms with Crippen LogP contribution in [0.4, 0.5) is 11.8 Å². The molecule has 0 saturated carbocycles. The highest BCUT2D eigenvalue weighted by Gasteiger charge is 2.23. The van der Waals surface area contributed by atoms with Crippen LogP contribution in [0.5, 0.6) is 0 Å². The van der Waals surface area contributed by atoms with Gasteiger partial charge in [-0.25, -0.2) is 4.98 Å². The minimum absolute atomic E-state index is 0.582. The van der Waals surface area contributed by atoms with Crippen molar-refractivity contribution < 1.29 is 0 Å². The molecule has 0 amide bonds. The molecule has 0 spiro atoms. The van der Waals surface area contributed by atoms with Gasteiger partial charge in [0.1, 0.15) is 5.82 Å². The highest BCUT2D eigenvalue weighted by Crippen LogP contribution is 2.29. The molecule has 1 aromatic heterocycles. The van der Waals surface area contributed by atoms with Crippen molar-refractivity contribution in [3.63, 3.8) is 0 Å². The maximum Gasteiger partial charge on any atom is 0.225 e. The third-order valence-electron chi connectivity index (χ3n) is 5.24. The Labute approximate surface area is 163 Å². The molecule has 1 atom stereocenters. The van der Waals surface area contributed by atoms with Crippen LogP contribution in [0.25, 0.3) is 11.3 Å². The van der Waals surface area contributed by atoms with E-state index >= 15 is 0 Å². The van der Waals surface area contributed by atoms with Gasteiger partial charge in [0.05, 0.1) is 5.69 Å². The molecule has 146 valence electrons. The molecule has 5 heteroatoms. The van der Waals surface area contributed by atoms with Crippen LogP contribution in [-0.4, -0.2) is 54.6 Å². The number of anilines is 2. The fourth-order valence-corrected chi connectivity index (χ4v) is 3.74. The van der Waals surface area contributed by atoms with E-state index in [0.717, 1.165) is 55.5 Å². The Hall–Kier alpha value is -2.14. The van der Waals surface area contributed by atoms with Crippen molar-refractivity contribution in [2.24, 2.45) is 0 Å². The average molecular weight is 368 g/mol. The van der Waals surface area contributed by atoms with Crippen LogP contribution < -0.4 is 10.2 Å². The molecule has 27 heavy (non-hydrogen) atoms. The molecule has 5 nitrogen and oxygen atoms in total. The van der Waals surface area contributed by atoms with Crippen molar-refractivity contribution in [2.75, 3.05) is 43.9 Å². The summed E-state index contributed by atoms with van der Waals surface area (Å²) in [5.41, 5.74) is 2.14. The second-order valence-corrected chi connectivity index (χ2v) is 7.64. The van der Waals surface area contributed by atoms with Crippen LogP contribution in [0.2, 0.25) is 0 Å². The van der Waals surface area contributed by atoms with Crippen LogP contribution >= 0.6 is 0 Å². The lowest BCUT2D eigenvalue weighted by Crippen LogP contribution is -2.39. The monoisotopic (exact) mass is 367 g/mol. The summed E-state index contributed by atoms with van der Waals surface area (Å²) in [6.07, 6.45) is 6.06. The molecule has 1 unspecified atom stereocenters. The Morgan fingerprint density at radius 3 is 2.70 bits per heavy atom. The molecule has 1 saturated heterocycles. The Morgan fingerprint density at radius 1 is 1.15 bits per heavy atom. The maximum absolute atomic E-state index is 4.89. The minimum atomic E-state index is 0.582. The molecule has 2 heterocycles. The lowest BCUT2D eigenvalue weighted by Gasteiger charge is -2.36. The molecule has 0 aliphatic carbocycles. The normalized spacial score (nSPS) is 17.3. The topological polar surface area (TPSA) is 44.3 Å². The highest BCUT2D eigenvalue weighted by atomic mass is 15.2. The second-order valence-electron chi connectivity index (χ2n) is 7.64. The fraction of sp³-hybridized carbons (Fsp3) is 0.545. The zero-order valence-electron chi connectivity index (χ0n) is 17.0. The maximum atomic E-state index is 4.89. The van der Waals surface area contributed by atoms with Gasteiger partial charge >= 0.3 is 0 Å². The number of nitrogens with one attached hydrogen (secondary N) is 1. The molecule has 3 rings (SSSR count). The van der Waals surface area contributed by atoms with Gasteiger partial charge in [0.25, 0.3) is 0 Å². The molecule has 1 aliphatic heterocycles. The number of nitrogens with zero attached hydrogens (tertiary/aromatic N) is 4. The van der Waals surface area contributed by atoms with E-state index in [-0.39, 0.29) is 0 Å². The lowest BCUT2D eigenvalue weighted by atomic mass is 10.00. The first-order valence-electron chi connectivity index (χ1n) is 10.3. The summed E-state index contributed by atoms with van der Waals surface area (Å²) < 4.78 is 0. The van der Waals surface area contributed by atoms with Gasteiger partial charge in [-0.3, -0.25) is 0 Å². The number of hydrogen-bond acceptors (Lipinski definition) is 5. The summed E-state index contributed by atoms with van der Waals surface area (Å²) in [4.78, 5) is 14.4. The summed E-state index contributed by atoms with van der Waals surface area (Å²) in [6, 6.07) is 13.2. The molecule has 1 aliphatic rings. The molecule has 1 N–H and O–H groups in total. The molecule has 0 radical (unpaired) electrons. The van der Waals surface area contributed by atoms with Gasteiger partial charge in [0.15, 0.2) is 0 Å². The number of hydrogen-bond donors (Lipinski definition) is 1. The van der Waals surface area contributed by atoms with Crippen LogP contribution in [0.1, 0.15) is 39.0 Å². The molecular formula is C22H33N5. The van der Waals surface area contributed by atoms with E-state index in [1.165, 1.54) is 19.3 Å². The van der Waals surface area contributed by atoms with E-state index in [1.807, 2.05) is 6.07 Å². The van der Waals surface area contributed by atoms with E-state index in [1.54, 1.807) is 0 Å². The van der Waals surface area contributed by atoms with Gasteiger partial charge in [0.2, 0.25) is 5.95 Å². The zero-order chi connectivity index (χ0) is 19.1. The van der Waals surface area contributed by atoms with Crippen molar-refractivity contribution in [1.29, 1.82) is 0 Å². The number of rotatable bonds is 8. The third kappa shape index (κ3) is 5.42. The standard InChI is InChI=1S/C22H33N5/c1-4-19-13-8-9-16-27(19)21-17-20(18-11-6-5-7-12-18)24-22(25-21)23-14-10-15-26(2)3/h5-7,11-12,17,19H,4,8-10,13-16H2,1-3H3,(H,23,24,25). The van der Waals surface area contributed by atoms with Crippen molar-refractivity contribution in [3.8, 4) is 11.3 Å². The molecular weight excluding hydrogens is 334 g/mol. The smallest absolute Gasteiger partial charge is 0.225 e. The Balaban J connectivity index is 1.86. The van der Waals surface area contributed by atoms with E-state index < -0.39 is 0 Å². The highest BCUT2D eigenvalue weighted by molar-refractivity contribution is 5.65. The first-order chi connectivity index (χ1) is 13.2. The van der Waals surface area contributed by atoms with Crippen molar-refractivity contribution in [2.45, 2.75) is 45.1 Å². The van der Waals surface area contributed by atoms with E-state index in [2.05, 4.69) is 66.5 Å².